The van der Waals surface area contributed by atoms with E-state index in [1.54, 1.807) is 0 Å². The third-order valence-electron chi connectivity index (χ3n) is 2.93. The van der Waals surface area contributed by atoms with Gasteiger partial charge in [0.05, 0.1) is 5.60 Å². The topological polar surface area (TPSA) is 26.7 Å². The zero-order valence-corrected chi connectivity index (χ0v) is 9.95. The van der Waals surface area contributed by atoms with Gasteiger partial charge in [-0.1, -0.05) is 0 Å². The second kappa shape index (κ2) is 4.60. The Balaban J connectivity index is 2.53. The molecule has 84 valence electrons. The lowest BCUT2D eigenvalue weighted by Gasteiger charge is -2.42. The molecule has 1 fully saturated rings. The number of likely N-dealkylation sites (N-methyl/N-ethyl adjacent to an activating group) is 1. The lowest BCUT2D eigenvalue weighted by Crippen LogP contribution is -2.54. The highest BCUT2D eigenvalue weighted by molar-refractivity contribution is 4.89. The summed E-state index contributed by atoms with van der Waals surface area (Å²) < 4.78 is 0. The van der Waals surface area contributed by atoms with Gasteiger partial charge in [0.2, 0.25) is 0 Å². The maximum Gasteiger partial charge on any atom is 0.0900 e. The first kappa shape index (κ1) is 12.0. The van der Waals surface area contributed by atoms with E-state index < -0.39 is 5.60 Å². The van der Waals surface area contributed by atoms with E-state index in [1.165, 1.54) is 0 Å². The minimum absolute atomic E-state index is 0.494. The lowest BCUT2D eigenvalue weighted by molar-refractivity contribution is -0.0535. The summed E-state index contributed by atoms with van der Waals surface area (Å²) in [5.74, 6) is 0. The Morgan fingerprint density at radius 3 is 2.57 bits per heavy atom. The van der Waals surface area contributed by atoms with Crippen molar-refractivity contribution < 1.29 is 5.11 Å². The van der Waals surface area contributed by atoms with Crippen molar-refractivity contribution in [3.8, 4) is 0 Å². The molecule has 1 rings (SSSR count). The molecule has 0 aliphatic carbocycles. The van der Waals surface area contributed by atoms with Crippen molar-refractivity contribution in [2.75, 3.05) is 33.7 Å². The van der Waals surface area contributed by atoms with Crippen LogP contribution in [0.5, 0.6) is 0 Å². The predicted octanol–water partition coefficient (Wildman–Crippen LogP) is 0.783. The van der Waals surface area contributed by atoms with E-state index in [0.29, 0.717) is 6.04 Å². The zero-order chi connectivity index (χ0) is 10.8. The Hall–Kier alpha value is -0.120. The number of hydrogen-bond acceptors (Lipinski definition) is 3. The molecule has 0 spiro atoms. The van der Waals surface area contributed by atoms with Crippen LogP contribution in [-0.2, 0) is 0 Å². The van der Waals surface area contributed by atoms with Gasteiger partial charge in [-0.05, 0) is 47.3 Å². The first-order valence-electron chi connectivity index (χ1n) is 5.54. The van der Waals surface area contributed by atoms with Crippen LogP contribution >= 0.6 is 0 Å². The van der Waals surface area contributed by atoms with Crippen LogP contribution in [0.1, 0.15) is 26.7 Å². The molecule has 0 bridgehead atoms. The van der Waals surface area contributed by atoms with Crippen LogP contribution in [0, 0.1) is 0 Å². The van der Waals surface area contributed by atoms with Crippen molar-refractivity contribution in [2.45, 2.75) is 38.3 Å². The van der Waals surface area contributed by atoms with Crippen molar-refractivity contribution >= 4 is 0 Å². The van der Waals surface area contributed by atoms with E-state index in [4.69, 9.17) is 0 Å². The van der Waals surface area contributed by atoms with Crippen molar-refractivity contribution in [1.29, 1.82) is 0 Å². The molecule has 1 saturated heterocycles. The molecule has 0 unspecified atom stereocenters. The quantitative estimate of drug-likeness (QED) is 0.729. The predicted molar refractivity (Wildman–Crippen MR) is 59.4 cm³/mol. The van der Waals surface area contributed by atoms with E-state index in [0.717, 1.165) is 32.5 Å². The van der Waals surface area contributed by atoms with E-state index >= 15 is 0 Å². The first-order chi connectivity index (χ1) is 6.43. The Bertz CT molecular complexity index is 182. The van der Waals surface area contributed by atoms with Crippen molar-refractivity contribution in [1.82, 2.24) is 9.80 Å². The minimum atomic E-state index is -0.494. The third kappa shape index (κ3) is 3.23. The van der Waals surface area contributed by atoms with Crippen LogP contribution in [0.2, 0.25) is 0 Å². The van der Waals surface area contributed by atoms with Gasteiger partial charge in [0, 0.05) is 19.1 Å². The van der Waals surface area contributed by atoms with Crippen LogP contribution in [0.4, 0.5) is 0 Å². The monoisotopic (exact) mass is 200 g/mol. The van der Waals surface area contributed by atoms with Crippen molar-refractivity contribution in [2.24, 2.45) is 0 Å². The summed E-state index contributed by atoms with van der Waals surface area (Å²) in [7, 11) is 4.04. The fraction of sp³-hybridized carbons (Fsp3) is 1.00. The Kier molecular flexibility index (Phi) is 3.93. The van der Waals surface area contributed by atoms with Gasteiger partial charge in [-0.3, -0.25) is 4.90 Å². The summed E-state index contributed by atoms with van der Waals surface area (Å²) in [6.07, 6.45) is 2.05. The summed E-state index contributed by atoms with van der Waals surface area (Å²) in [5.41, 5.74) is -0.494. The molecule has 1 atom stereocenters. The van der Waals surface area contributed by atoms with Gasteiger partial charge in [-0.15, -0.1) is 0 Å². The van der Waals surface area contributed by atoms with Gasteiger partial charge in [0.15, 0.2) is 0 Å². The number of rotatable bonds is 3. The highest BCUT2D eigenvalue weighted by atomic mass is 16.3. The van der Waals surface area contributed by atoms with Gasteiger partial charge < -0.3 is 10.0 Å². The number of hydrogen-bond donors (Lipinski definition) is 1. The van der Waals surface area contributed by atoms with E-state index in [9.17, 15) is 5.11 Å². The van der Waals surface area contributed by atoms with Crippen LogP contribution in [-0.4, -0.2) is 60.3 Å². The molecule has 1 aliphatic heterocycles. The average Bonchev–Trinajstić information content (AvgIpc) is 2.01. The van der Waals surface area contributed by atoms with Gasteiger partial charge in [-0.25, -0.2) is 0 Å². The molecular weight excluding hydrogens is 176 g/mol. The molecule has 3 heteroatoms. The molecular formula is C11H24N2O. The van der Waals surface area contributed by atoms with E-state index in [2.05, 4.69) is 23.6 Å². The molecule has 1 heterocycles. The molecule has 0 aromatic carbocycles. The zero-order valence-electron chi connectivity index (χ0n) is 9.95. The van der Waals surface area contributed by atoms with Gasteiger partial charge in [0.25, 0.3) is 0 Å². The minimum Gasteiger partial charge on any atom is -0.387 e. The van der Waals surface area contributed by atoms with Crippen LogP contribution < -0.4 is 0 Å². The maximum absolute atomic E-state index is 10.4. The number of aliphatic hydroxyl groups is 1. The number of likely N-dealkylation sites (tertiary alicyclic amines) is 1. The Morgan fingerprint density at radius 2 is 2.07 bits per heavy atom. The van der Waals surface area contributed by atoms with Gasteiger partial charge in [0.1, 0.15) is 0 Å². The fourth-order valence-corrected chi connectivity index (χ4v) is 2.31. The summed E-state index contributed by atoms with van der Waals surface area (Å²) in [4.78, 5) is 4.44. The summed E-state index contributed by atoms with van der Waals surface area (Å²) in [6, 6.07) is 0.545. The van der Waals surface area contributed by atoms with Crippen LogP contribution in [0.25, 0.3) is 0 Å². The van der Waals surface area contributed by atoms with Gasteiger partial charge >= 0.3 is 0 Å². The molecule has 1 aliphatic rings. The molecule has 0 amide bonds. The normalized spacial score (nSPS) is 30.2. The number of β-amino-alcohol motifs (C(OH)–C–C–N with tert-alkyl or cyclic N) is 1. The molecule has 14 heavy (non-hydrogen) atoms. The summed E-state index contributed by atoms with van der Waals surface area (Å²) in [6.45, 7) is 7.12. The molecule has 0 aromatic heterocycles. The first-order valence-corrected chi connectivity index (χ1v) is 5.54. The average molecular weight is 200 g/mol. The third-order valence-corrected chi connectivity index (χ3v) is 2.93. The number of nitrogens with zero attached hydrogens (tertiary/aromatic N) is 2. The molecule has 0 aromatic rings. The largest absolute Gasteiger partial charge is 0.387 e. The molecule has 0 saturated carbocycles. The second-order valence-electron chi connectivity index (χ2n) is 5.13. The van der Waals surface area contributed by atoms with Gasteiger partial charge in [-0.2, -0.15) is 0 Å². The van der Waals surface area contributed by atoms with E-state index in [-0.39, 0.29) is 0 Å². The second-order valence-corrected chi connectivity index (χ2v) is 5.13. The van der Waals surface area contributed by atoms with Crippen LogP contribution in [0.3, 0.4) is 0 Å². The van der Waals surface area contributed by atoms with Crippen LogP contribution in [0.15, 0.2) is 0 Å². The van der Waals surface area contributed by atoms with E-state index in [1.807, 2.05) is 14.1 Å². The highest BCUT2D eigenvalue weighted by Crippen LogP contribution is 2.22. The Labute approximate surface area is 87.7 Å². The molecule has 3 nitrogen and oxygen atoms in total. The standard InChI is InChI=1S/C11H24N2O/c1-10(2)13-7-5-6-11(14,9-13)8-12(3)4/h10,14H,5-9H2,1-4H3/t11-/m0/s1. The lowest BCUT2D eigenvalue weighted by atomic mass is 9.91. The smallest absolute Gasteiger partial charge is 0.0900 e. The maximum atomic E-state index is 10.4. The van der Waals surface area contributed by atoms with Crippen molar-refractivity contribution in [3.05, 3.63) is 0 Å². The van der Waals surface area contributed by atoms with Crippen molar-refractivity contribution in [3.63, 3.8) is 0 Å². The number of piperidine rings is 1. The summed E-state index contributed by atoms with van der Waals surface area (Å²) in [5, 5.41) is 10.4. The molecule has 1 N–H and O–H groups in total. The highest BCUT2D eigenvalue weighted by Gasteiger charge is 2.34. The fourth-order valence-electron chi connectivity index (χ4n) is 2.31. The summed E-state index contributed by atoms with van der Waals surface area (Å²) >= 11 is 0. The SMILES string of the molecule is CC(C)N1CCC[C@](O)(CN(C)C)C1. The Morgan fingerprint density at radius 1 is 1.43 bits per heavy atom. The molecule has 0 radical (unpaired) electrons.